The Hall–Kier alpha value is -4.70. The number of ether oxygens (including phenoxy) is 4. The van der Waals surface area contributed by atoms with Crippen LogP contribution in [0, 0.1) is 6.92 Å². The highest BCUT2D eigenvalue weighted by atomic mass is 35.5. The highest BCUT2D eigenvalue weighted by Gasteiger charge is 2.34. The van der Waals surface area contributed by atoms with Crippen molar-refractivity contribution in [2.45, 2.75) is 26.5 Å². The number of anilines is 2. The summed E-state index contributed by atoms with van der Waals surface area (Å²) in [6.45, 7) is 4.24. The molecule has 0 aliphatic carbocycles. The van der Waals surface area contributed by atoms with Crippen molar-refractivity contribution in [2.75, 3.05) is 32.0 Å². The summed E-state index contributed by atoms with van der Waals surface area (Å²) in [5.74, 6) is 2.03. The average Bonchev–Trinajstić information content (AvgIpc) is 3.44. The topological polar surface area (TPSA) is 109 Å². The van der Waals surface area contributed by atoms with Crippen LogP contribution in [0.2, 0.25) is 5.02 Å². The van der Waals surface area contributed by atoms with Crippen molar-refractivity contribution in [3.05, 3.63) is 93.9 Å². The van der Waals surface area contributed by atoms with E-state index in [1.54, 1.807) is 23.9 Å². The summed E-state index contributed by atoms with van der Waals surface area (Å²) in [5.41, 5.74) is 4.42. The van der Waals surface area contributed by atoms with Crippen LogP contribution in [0.15, 0.2) is 72.2 Å². The fourth-order valence-corrected chi connectivity index (χ4v) is 4.89. The minimum atomic E-state index is -0.617. The maximum Gasteiger partial charge on any atom is 0.255 e. The second-order valence-corrected chi connectivity index (χ2v) is 9.83. The van der Waals surface area contributed by atoms with Gasteiger partial charge in [-0.05, 0) is 37.1 Å². The first-order chi connectivity index (χ1) is 19.8. The van der Waals surface area contributed by atoms with E-state index >= 15 is 0 Å². The first-order valence-corrected chi connectivity index (χ1v) is 13.2. The molecule has 0 saturated carbocycles. The first-order valence-electron chi connectivity index (χ1n) is 12.8. The Morgan fingerprint density at radius 1 is 0.951 bits per heavy atom. The SMILES string of the molecule is COc1cc(NC(=O)C2=C(C)Nc3ncnn3[C@@H]2c2ccc(OCc3ccc(C)cc3)c(OC)c2)c(OC)cc1Cl. The average molecular weight is 576 g/mol. The lowest BCUT2D eigenvalue weighted by Gasteiger charge is -2.29. The molecule has 0 spiro atoms. The van der Waals surface area contributed by atoms with E-state index in [1.807, 2.05) is 56.3 Å². The van der Waals surface area contributed by atoms with Gasteiger partial charge in [0.25, 0.3) is 5.91 Å². The second kappa shape index (κ2) is 11.8. The molecular weight excluding hydrogens is 546 g/mol. The van der Waals surface area contributed by atoms with Gasteiger partial charge in [-0.25, -0.2) is 4.68 Å². The Bertz CT molecular complexity index is 1620. The number of benzene rings is 3. The molecule has 2 N–H and O–H groups in total. The molecule has 0 radical (unpaired) electrons. The van der Waals surface area contributed by atoms with Gasteiger partial charge in [0.1, 0.15) is 30.5 Å². The lowest BCUT2D eigenvalue weighted by Crippen LogP contribution is -2.31. The Morgan fingerprint density at radius 3 is 2.39 bits per heavy atom. The van der Waals surface area contributed by atoms with E-state index < -0.39 is 6.04 Å². The van der Waals surface area contributed by atoms with E-state index in [0.29, 0.717) is 57.5 Å². The number of rotatable bonds is 9. The zero-order chi connectivity index (χ0) is 29.1. The Morgan fingerprint density at radius 2 is 1.68 bits per heavy atom. The lowest BCUT2D eigenvalue weighted by molar-refractivity contribution is -0.113. The van der Waals surface area contributed by atoms with Crippen molar-refractivity contribution in [1.29, 1.82) is 0 Å². The van der Waals surface area contributed by atoms with Gasteiger partial charge in [0, 0.05) is 17.8 Å². The molecule has 212 valence electrons. The van der Waals surface area contributed by atoms with E-state index in [0.717, 1.165) is 11.1 Å². The number of amides is 1. The van der Waals surface area contributed by atoms with Crippen molar-refractivity contribution in [3.63, 3.8) is 0 Å². The molecule has 3 aromatic carbocycles. The van der Waals surface area contributed by atoms with E-state index in [2.05, 4.69) is 20.7 Å². The van der Waals surface area contributed by atoms with Gasteiger partial charge >= 0.3 is 0 Å². The van der Waals surface area contributed by atoms with Crippen molar-refractivity contribution < 1.29 is 23.7 Å². The van der Waals surface area contributed by atoms with Gasteiger partial charge in [0.05, 0.1) is 37.6 Å². The van der Waals surface area contributed by atoms with Crippen LogP contribution < -0.4 is 29.6 Å². The Labute approximate surface area is 242 Å². The molecule has 41 heavy (non-hydrogen) atoms. The number of carbonyl (C=O) groups is 1. The third-order valence-corrected chi connectivity index (χ3v) is 7.07. The number of nitrogens with zero attached hydrogens (tertiary/aromatic N) is 3. The monoisotopic (exact) mass is 575 g/mol. The van der Waals surface area contributed by atoms with Gasteiger partial charge in [-0.1, -0.05) is 47.5 Å². The molecule has 1 aliphatic rings. The lowest BCUT2D eigenvalue weighted by atomic mass is 9.94. The molecule has 5 rings (SSSR count). The number of aryl methyl sites for hydroxylation is 1. The summed E-state index contributed by atoms with van der Waals surface area (Å²) in [5, 5.41) is 10.9. The molecular formula is C30H30ClN5O5. The van der Waals surface area contributed by atoms with Crippen LogP contribution >= 0.6 is 11.6 Å². The third-order valence-electron chi connectivity index (χ3n) is 6.78. The molecule has 0 saturated heterocycles. The fraction of sp³-hybridized carbons (Fsp3) is 0.233. The van der Waals surface area contributed by atoms with Crippen molar-refractivity contribution in [1.82, 2.24) is 14.8 Å². The van der Waals surface area contributed by atoms with Crippen LogP contribution in [0.1, 0.15) is 29.7 Å². The van der Waals surface area contributed by atoms with Crippen LogP contribution in [0.5, 0.6) is 23.0 Å². The van der Waals surface area contributed by atoms with Crippen LogP contribution in [0.3, 0.4) is 0 Å². The first kappa shape index (κ1) is 27.9. The second-order valence-electron chi connectivity index (χ2n) is 9.42. The largest absolute Gasteiger partial charge is 0.495 e. The van der Waals surface area contributed by atoms with E-state index in [9.17, 15) is 4.79 Å². The minimum Gasteiger partial charge on any atom is -0.495 e. The number of fused-ring (bicyclic) bond motifs is 1. The number of methoxy groups -OCH3 is 3. The van der Waals surface area contributed by atoms with Gasteiger partial charge < -0.3 is 29.6 Å². The predicted octanol–water partition coefficient (Wildman–Crippen LogP) is 5.77. The normalized spacial score (nSPS) is 14.1. The number of halogens is 1. The van der Waals surface area contributed by atoms with Gasteiger partial charge in [0.2, 0.25) is 5.95 Å². The number of carbonyl (C=O) groups excluding carboxylic acids is 1. The van der Waals surface area contributed by atoms with Crippen molar-refractivity contribution in [2.24, 2.45) is 0 Å². The van der Waals surface area contributed by atoms with Gasteiger partial charge in [-0.2, -0.15) is 10.1 Å². The van der Waals surface area contributed by atoms with Crippen LogP contribution in [0.4, 0.5) is 11.6 Å². The highest BCUT2D eigenvalue weighted by Crippen LogP contribution is 2.40. The molecule has 10 nitrogen and oxygen atoms in total. The van der Waals surface area contributed by atoms with Gasteiger partial charge in [-0.3, -0.25) is 4.79 Å². The molecule has 0 unspecified atom stereocenters. The molecule has 2 heterocycles. The number of hydrogen-bond donors (Lipinski definition) is 2. The maximum absolute atomic E-state index is 13.9. The van der Waals surface area contributed by atoms with Crippen LogP contribution in [0.25, 0.3) is 0 Å². The minimum absolute atomic E-state index is 0.360. The summed E-state index contributed by atoms with van der Waals surface area (Å²) in [6.07, 6.45) is 1.44. The standard InChI is InChI=1S/C30H30ClN5O5/c1-17-6-8-19(9-7-17)15-41-23-11-10-20(12-26(23)40-5)28-27(18(2)34-30-32-16-33-36(28)30)29(37)35-22-14-24(38-3)21(31)13-25(22)39-4/h6-14,16,28H,15H2,1-5H3,(H,35,37)(H,32,33,34)/t28-/m1/s1. The number of allylic oxidation sites excluding steroid dienone is 1. The van der Waals surface area contributed by atoms with Gasteiger partial charge in [-0.15, -0.1) is 0 Å². The third kappa shape index (κ3) is 5.64. The van der Waals surface area contributed by atoms with Crippen molar-refractivity contribution >= 4 is 29.1 Å². The zero-order valence-corrected chi connectivity index (χ0v) is 24.1. The molecule has 0 bridgehead atoms. The number of hydrogen-bond acceptors (Lipinski definition) is 8. The summed E-state index contributed by atoms with van der Waals surface area (Å²) in [4.78, 5) is 18.2. The molecule has 1 aliphatic heterocycles. The molecule has 4 aromatic rings. The quantitative estimate of drug-likeness (QED) is 0.259. The molecule has 1 aromatic heterocycles. The van der Waals surface area contributed by atoms with Crippen molar-refractivity contribution in [3.8, 4) is 23.0 Å². The Balaban J connectivity index is 1.49. The molecule has 0 fully saturated rings. The molecule has 1 amide bonds. The zero-order valence-electron chi connectivity index (χ0n) is 23.3. The smallest absolute Gasteiger partial charge is 0.255 e. The van der Waals surface area contributed by atoms with Crippen LogP contribution in [-0.4, -0.2) is 42.0 Å². The van der Waals surface area contributed by atoms with Crippen LogP contribution in [-0.2, 0) is 11.4 Å². The number of aromatic nitrogens is 3. The number of nitrogens with one attached hydrogen (secondary N) is 2. The van der Waals surface area contributed by atoms with Gasteiger partial charge in [0.15, 0.2) is 11.5 Å². The predicted molar refractivity (Wildman–Crippen MR) is 156 cm³/mol. The Kier molecular flexibility index (Phi) is 8.02. The van der Waals surface area contributed by atoms with E-state index in [4.69, 9.17) is 30.5 Å². The van der Waals surface area contributed by atoms with E-state index in [1.165, 1.54) is 26.1 Å². The maximum atomic E-state index is 13.9. The fourth-order valence-electron chi connectivity index (χ4n) is 4.66. The highest BCUT2D eigenvalue weighted by molar-refractivity contribution is 6.32. The van der Waals surface area contributed by atoms with E-state index in [-0.39, 0.29) is 5.91 Å². The summed E-state index contributed by atoms with van der Waals surface area (Å²) in [7, 11) is 4.58. The molecule has 1 atom stereocenters. The summed E-state index contributed by atoms with van der Waals surface area (Å²) in [6, 6.07) is 16.3. The molecule has 11 heteroatoms. The summed E-state index contributed by atoms with van der Waals surface area (Å²) >= 11 is 6.26. The summed E-state index contributed by atoms with van der Waals surface area (Å²) < 4.78 is 24.2.